The fourth-order valence-electron chi connectivity index (χ4n) is 5.96. The van der Waals surface area contributed by atoms with Crippen molar-refractivity contribution in [3.05, 3.63) is 87.7 Å². The van der Waals surface area contributed by atoms with E-state index in [-0.39, 0.29) is 43.3 Å². The number of fused-ring (bicyclic) bond motifs is 1. The van der Waals surface area contributed by atoms with Gasteiger partial charge >= 0.3 is 12.1 Å². The zero-order chi connectivity index (χ0) is 38.6. The predicted molar refractivity (Wildman–Crippen MR) is 200 cm³/mol. The molecule has 14 nitrogen and oxygen atoms in total. The van der Waals surface area contributed by atoms with Crippen molar-refractivity contribution in [3.8, 4) is 11.5 Å². The van der Waals surface area contributed by atoms with Gasteiger partial charge in [-0.3, -0.25) is 14.5 Å². The molecule has 1 saturated heterocycles. The molecule has 1 aliphatic rings. The van der Waals surface area contributed by atoms with Crippen molar-refractivity contribution >= 4 is 51.9 Å². The van der Waals surface area contributed by atoms with Crippen LogP contribution in [0, 0.1) is 5.82 Å². The third-order valence-corrected chi connectivity index (χ3v) is 8.74. The van der Waals surface area contributed by atoms with E-state index in [0.717, 1.165) is 0 Å². The van der Waals surface area contributed by atoms with E-state index < -0.39 is 41.2 Å². The normalized spacial score (nSPS) is 14.3. The van der Waals surface area contributed by atoms with Crippen LogP contribution in [0.3, 0.4) is 0 Å². The number of rotatable bonds is 9. The van der Waals surface area contributed by atoms with Gasteiger partial charge in [0.15, 0.2) is 5.82 Å². The second-order valence-corrected chi connectivity index (χ2v) is 13.9. The summed E-state index contributed by atoms with van der Waals surface area (Å²) in [5, 5.41) is 7.76. The molecule has 5 rings (SSSR count). The molecule has 2 heterocycles. The van der Waals surface area contributed by atoms with Gasteiger partial charge in [0.25, 0.3) is 5.56 Å². The molecule has 0 aliphatic carbocycles. The summed E-state index contributed by atoms with van der Waals surface area (Å²) in [5.74, 6) is 0.211. The first kappa shape index (κ1) is 38.7. The number of hydrogen-bond donors (Lipinski definition) is 2. The smallest absolute Gasteiger partial charge is 0.408 e. The van der Waals surface area contributed by atoms with E-state index in [2.05, 4.69) is 10.6 Å². The zero-order valence-corrected chi connectivity index (χ0v) is 31.4. The average Bonchev–Trinajstić information content (AvgIpc) is 3.11. The predicted octanol–water partition coefficient (Wildman–Crippen LogP) is 5.70. The number of nitrogens with one attached hydrogen (secondary N) is 2. The number of methoxy groups -OCH3 is 2. The Morgan fingerprint density at radius 1 is 0.943 bits per heavy atom. The highest BCUT2D eigenvalue weighted by Crippen LogP contribution is 2.37. The van der Waals surface area contributed by atoms with Crippen LogP contribution in [0.1, 0.15) is 46.5 Å². The number of urea groups is 1. The molecule has 1 aromatic heterocycles. The van der Waals surface area contributed by atoms with Crippen LogP contribution in [0.5, 0.6) is 11.5 Å². The van der Waals surface area contributed by atoms with E-state index in [9.17, 15) is 23.6 Å². The number of halogens is 2. The highest BCUT2D eigenvalue weighted by atomic mass is 35.5. The maximum absolute atomic E-state index is 14.4. The fourth-order valence-corrected chi connectivity index (χ4v) is 6.13. The lowest BCUT2D eigenvalue weighted by Gasteiger charge is -2.40. The second kappa shape index (κ2) is 16.0. The van der Waals surface area contributed by atoms with Crippen LogP contribution in [0.15, 0.2) is 65.5 Å². The summed E-state index contributed by atoms with van der Waals surface area (Å²) in [6.45, 7) is 9.36. The molecule has 16 heteroatoms. The summed E-state index contributed by atoms with van der Waals surface area (Å²) in [6, 6.07) is 12.6. The van der Waals surface area contributed by atoms with Crippen molar-refractivity contribution in [2.45, 2.75) is 52.3 Å². The van der Waals surface area contributed by atoms with E-state index in [1.54, 1.807) is 74.9 Å². The molecule has 0 bridgehead atoms. The van der Waals surface area contributed by atoms with Crippen LogP contribution in [-0.2, 0) is 9.53 Å². The summed E-state index contributed by atoms with van der Waals surface area (Å²) in [7, 11) is 2.96. The minimum absolute atomic E-state index is 0.205. The number of carbonyl (C=O) groups is 3. The number of alkyl carbamates (subject to hydrolysis) is 1. The third kappa shape index (κ3) is 8.91. The molecular formula is C37H43ClFN7O7. The molecule has 0 spiro atoms. The number of anilines is 2. The van der Waals surface area contributed by atoms with Gasteiger partial charge in [0.05, 0.1) is 49.9 Å². The monoisotopic (exact) mass is 751 g/mol. The molecule has 2 atom stereocenters. The van der Waals surface area contributed by atoms with Crippen LogP contribution < -0.4 is 35.6 Å². The first-order chi connectivity index (χ1) is 25.1. The number of hydrogen-bond acceptors (Lipinski definition) is 9. The molecule has 1 aliphatic heterocycles. The third-order valence-electron chi connectivity index (χ3n) is 8.51. The van der Waals surface area contributed by atoms with Crippen molar-refractivity contribution < 1.29 is 33.0 Å². The first-order valence-corrected chi connectivity index (χ1v) is 17.3. The Hall–Kier alpha value is -5.57. The minimum atomic E-state index is -0.928. The maximum Gasteiger partial charge on any atom is 0.408 e. The summed E-state index contributed by atoms with van der Waals surface area (Å²) in [6.07, 6.45) is -0.704. The number of aromatic nitrogens is 2. The van der Waals surface area contributed by atoms with Crippen molar-refractivity contribution in [1.29, 1.82) is 0 Å². The Kier molecular flexibility index (Phi) is 11.7. The summed E-state index contributed by atoms with van der Waals surface area (Å²) in [5.41, 5.74) is -0.141. The molecule has 4 amide bonds. The lowest BCUT2D eigenvalue weighted by atomic mass is 10.1. The van der Waals surface area contributed by atoms with Gasteiger partial charge in [0.2, 0.25) is 5.91 Å². The van der Waals surface area contributed by atoms with E-state index in [0.29, 0.717) is 33.4 Å². The van der Waals surface area contributed by atoms with Gasteiger partial charge in [-0.05, 0) is 89.2 Å². The fraction of sp³-hybridized carbons (Fsp3) is 0.378. The van der Waals surface area contributed by atoms with Gasteiger partial charge in [-0.1, -0.05) is 11.6 Å². The van der Waals surface area contributed by atoms with Gasteiger partial charge in [0, 0.05) is 29.9 Å². The molecular weight excluding hydrogens is 709 g/mol. The number of ether oxygens (including phenoxy) is 3. The van der Waals surface area contributed by atoms with Gasteiger partial charge in [-0.25, -0.2) is 23.6 Å². The van der Waals surface area contributed by atoms with Crippen molar-refractivity contribution in [1.82, 2.24) is 19.9 Å². The number of amides is 4. The number of nitrogens with zero attached hydrogens (tertiary/aromatic N) is 5. The number of carbonyl (C=O) groups excluding carboxylic acids is 3. The maximum atomic E-state index is 14.4. The highest BCUT2D eigenvalue weighted by Gasteiger charge is 2.34. The molecule has 53 heavy (non-hydrogen) atoms. The Morgan fingerprint density at radius 3 is 2.25 bits per heavy atom. The minimum Gasteiger partial charge on any atom is -0.497 e. The van der Waals surface area contributed by atoms with Gasteiger partial charge < -0.3 is 34.8 Å². The molecule has 1 fully saturated rings. The molecule has 282 valence electrons. The summed E-state index contributed by atoms with van der Waals surface area (Å²) in [4.78, 5) is 62.2. The van der Waals surface area contributed by atoms with Crippen molar-refractivity contribution in [3.63, 3.8) is 0 Å². The Bertz CT molecular complexity index is 2050. The average molecular weight is 752 g/mol. The molecule has 4 aromatic rings. The Morgan fingerprint density at radius 2 is 1.62 bits per heavy atom. The van der Waals surface area contributed by atoms with E-state index in [1.165, 1.54) is 54.1 Å². The van der Waals surface area contributed by atoms with E-state index >= 15 is 0 Å². The van der Waals surface area contributed by atoms with E-state index in [1.807, 2.05) is 0 Å². The lowest BCUT2D eigenvalue weighted by molar-refractivity contribution is -0.133. The molecule has 0 saturated carbocycles. The second-order valence-electron chi connectivity index (χ2n) is 13.4. The summed E-state index contributed by atoms with van der Waals surface area (Å²) < 4.78 is 31.5. The lowest BCUT2D eigenvalue weighted by Crippen LogP contribution is -2.59. The largest absolute Gasteiger partial charge is 0.497 e. The number of benzene rings is 3. The van der Waals surface area contributed by atoms with Gasteiger partial charge in [-0.2, -0.15) is 0 Å². The molecule has 3 aromatic carbocycles. The summed E-state index contributed by atoms with van der Waals surface area (Å²) >= 11 is 6.32. The quantitative estimate of drug-likeness (QED) is 0.220. The van der Waals surface area contributed by atoms with Crippen LogP contribution >= 0.6 is 11.6 Å². The van der Waals surface area contributed by atoms with E-state index in [4.69, 9.17) is 30.8 Å². The van der Waals surface area contributed by atoms with Crippen LogP contribution in [-0.4, -0.2) is 84.6 Å². The van der Waals surface area contributed by atoms with Crippen molar-refractivity contribution in [2.24, 2.45) is 0 Å². The Labute approximate surface area is 311 Å². The highest BCUT2D eigenvalue weighted by molar-refractivity contribution is 6.31. The standard InChI is InChI=1S/C37H43ClFN7O7/c1-22(40-36(50)53-37(3,4)5)33(47)43-16-18-44(19-17-43)46-32(42-29-14-8-24(38)20-28(29)34(46)48)23(2)45(30-15-13-27(51-6)21-31(30)52-7)35(49)41-26-11-9-25(39)10-12-26/h8-15,20-23H,16-19H2,1-7H3,(H,40,50)(H,41,49)/t22-,23?/m0/s1. The molecule has 0 radical (unpaired) electrons. The SMILES string of the molecule is COc1ccc(N(C(=O)Nc2ccc(F)cc2)C(C)c2nc3ccc(Cl)cc3c(=O)n2N2CCN(C(=O)[C@H](C)NC(=O)OC(C)(C)C)CC2)c(OC)c1. The zero-order valence-electron chi connectivity index (χ0n) is 30.6. The van der Waals surface area contributed by atoms with Gasteiger partial charge in [-0.15, -0.1) is 0 Å². The Balaban J connectivity index is 1.53. The van der Waals surface area contributed by atoms with Gasteiger partial charge in [0.1, 0.15) is 29.0 Å². The molecule has 1 unspecified atom stereocenters. The molecule has 2 N–H and O–H groups in total. The first-order valence-electron chi connectivity index (χ1n) is 16.9. The van der Waals surface area contributed by atoms with Crippen LogP contribution in [0.25, 0.3) is 10.9 Å². The van der Waals surface area contributed by atoms with Crippen molar-refractivity contribution in [2.75, 3.05) is 55.6 Å². The van der Waals surface area contributed by atoms with Crippen LogP contribution in [0.2, 0.25) is 5.02 Å². The topological polar surface area (TPSA) is 148 Å². The number of piperazine rings is 1. The van der Waals surface area contributed by atoms with Crippen LogP contribution in [0.4, 0.5) is 25.4 Å².